The van der Waals surface area contributed by atoms with Crippen LogP contribution in [0.5, 0.6) is 0 Å². The van der Waals surface area contributed by atoms with E-state index in [1.807, 2.05) is 6.20 Å². The molecule has 0 aromatic carbocycles. The Morgan fingerprint density at radius 1 is 1.29 bits per heavy atom. The van der Waals surface area contributed by atoms with Crippen LogP contribution in [0.1, 0.15) is 57.2 Å². The molecule has 1 N–H and O–H groups in total. The number of hydrogen-bond donors (Lipinski definition) is 1. The highest BCUT2D eigenvalue weighted by Gasteiger charge is 2.10. The van der Waals surface area contributed by atoms with Crippen LogP contribution in [-0.2, 0) is 6.42 Å². The van der Waals surface area contributed by atoms with E-state index >= 15 is 0 Å². The quantitative estimate of drug-likeness (QED) is 0.823. The lowest BCUT2D eigenvalue weighted by molar-refractivity contribution is 0.566. The Kier molecular flexibility index (Phi) is 5.56. The van der Waals surface area contributed by atoms with Gasteiger partial charge in [-0.1, -0.05) is 20.8 Å². The van der Waals surface area contributed by atoms with E-state index in [4.69, 9.17) is 0 Å². The smallest absolute Gasteiger partial charge is 0.128 e. The summed E-state index contributed by atoms with van der Waals surface area (Å²) in [6, 6.07) is 0.333. The topological polar surface area (TPSA) is 37.8 Å². The zero-order chi connectivity index (χ0) is 12.8. The molecule has 0 fully saturated rings. The number of nitrogens with one attached hydrogen (secondary N) is 1. The highest BCUT2D eigenvalue weighted by Crippen LogP contribution is 2.15. The Hall–Kier alpha value is -0.960. The zero-order valence-corrected chi connectivity index (χ0v) is 11.7. The Bertz CT molecular complexity index is 347. The van der Waals surface area contributed by atoms with Crippen molar-refractivity contribution in [3.63, 3.8) is 0 Å². The summed E-state index contributed by atoms with van der Waals surface area (Å²) in [5, 5.41) is 3.39. The maximum atomic E-state index is 4.60. The van der Waals surface area contributed by atoms with Crippen molar-refractivity contribution in [2.75, 3.05) is 6.54 Å². The maximum absolute atomic E-state index is 4.60. The third-order valence-corrected chi connectivity index (χ3v) is 2.99. The van der Waals surface area contributed by atoms with Crippen molar-refractivity contribution in [3.8, 4) is 0 Å². The number of hydrogen-bond acceptors (Lipinski definition) is 3. The first-order chi connectivity index (χ1) is 8.04. The van der Waals surface area contributed by atoms with E-state index in [2.05, 4.69) is 49.9 Å². The van der Waals surface area contributed by atoms with Crippen molar-refractivity contribution in [2.45, 2.75) is 53.5 Å². The highest BCUT2D eigenvalue weighted by atomic mass is 14.9. The van der Waals surface area contributed by atoms with E-state index in [1.165, 1.54) is 5.56 Å². The summed E-state index contributed by atoms with van der Waals surface area (Å²) in [6.07, 6.45) is 4.11. The molecule has 1 aromatic rings. The van der Waals surface area contributed by atoms with Crippen LogP contribution in [0.4, 0.5) is 0 Å². The van der Waals surface area contributed by atoms with Crippen LogP contribution in [0.25, 0.3) is 0 Å². The molecular weight excluding hydrogens is 210 g/mol. The van der Waals surface area contributed by atoms with Gasteiger partial charge in [0, 0.05) is 29.9 Å². The lowest BCUT2D eigenvalue weighted by atomic mass is 10.1. The van der Waals surface area contributed by atoms with Crippen LogP contribution in [0.2, 0.25) is 0 Å². The lowest BCUT2D eigenvalue weighted by Gasteiger charge is -2.15. The molecule has 1 aromatic heterocycles. The minimum atomic E-state index is 0.333. The largest absolute Gasteiger partial charge is 0.310 e. The Labute approximate surface area is 105 Å². The number of aromatic nitrogens is 2. The van der Waals surface area contributed by atoms with Gasteiger partial charge in [-0.15, -0.1) is 0 Å². The molecule has 0 saturated carbocycles. The first-order valence-corrected chi connectivity index (χ1v) is 6.60. The van der Waals surface area contributed by atoms with E-state index in [0.717, 1.165) is 30.9 Å². The summed E-state index contributed by atoms with van der Waals surface area (Å²) in [5.41, 5.74) is 2.31. The third-order valence-electron chi connectivity index (χ3n) is 2.99. The normalized spacial score (nSPS) is 13.1. The number of aryl methyl sites for hydroxylation is 2. The van der Waals surface area contributed by atoms with Crippen LogP contribution in [-0.4, -0.2) is 16.5 Å². The first kappa shape index (κ1) is 14.1. The second-order valence-corrected chi connectivity index (χ2v) is 5.04. The van der Waals surface area contributed by atoms with E-state index < -0.39 is 0 Å². The second kappa shape index (κ2) is 6.70. The molecule has 0 amide bonds. The Balaban J connectivity index is 2.72. The van der Waals surface area contributed by atoms with Crippen molar-refractivity contribution < 1.29 is 0 Å². The van der Waals surface area contributed by atoms with Crippen molar-refractivity contribution in [1.82, 2.24) is 15.3 Å². The molecule has 1 rings (SSSR count). The Morgan fingerprint density at radius 2 is 2.00 bits per heavy atom. The monoisotopic (exact) mass is 235 g/mol. The van der Waals surface area contributed by atoms with E-state index in [1.54, 1.807) is 0 Å². The molecule has 0 aliphatic rings. The Morgan fingerprint density at radius 3 is 2.53 bits per heavy atom. The van der Waals surface area contributed by atoms with Crippen LogP contribution >= 0.6 is 0 Å². The molecule has 96 valence electrons. The van der Waals surface area contributed by atoms with Crippen LogP contribution in [0.15, 0.2) is 6.20 Å². The predicted molar refractivity (Wildman–Crippen MR) is 72.0 cm³/mol. The maximum Gasteiger partial charge on any atom is 0.128 e. The van der Waals surface area contributed by atoms with Crippen molar-refractivity contribution in [2.24, 2.45) is 5.92 Å². The third kappa shape index (κ3) is 4.43. The molecule has 3 nitrogen and oxygen atoms in total. The molecule has 0 aliphatic carbocycles. The molecule has 0 bridgehead atoms. The second-order valence-electron chi connectivity index (χ2n) is 5.04. The number of rotatable bonds is 6. The molecule has 1 atom stereocenters. The standard InChI is InChI=1S/C14H25N3/c1-6-15-11(4)13-9-16-14(17-12(13)5)8-7-10(2)3/h9-11,15H,6-8H2,1-5H3. The van der Waals surface area contributed by atoms with E-state index in [-0.39, 0.29) is 0 Å². The van der Waals surface area contributed by atoms with Gasteiger partial charge in [0.1, 0.15) is 5.82 Å². The van der Waals surface area contributed by atoms with Gasteiger partial charge in [0.05, 0.1) is 0 Å². The molecule has 3 heteroatoms. The van der Waals surface area contributed by atoms with E-state index in [0.29, 0.717) is 12.0 Å². The van der Waals surface area contributed by atoms with Crippen LogP contribution in [0, 0.1) is 12.8 Å². The molecule has 17 heavy (non-hydrogen) atoms. The predicted octanol–water partition coefficient (Wildman–Crippen LogP) is 3.04. The average Bonchev–Trinajstić information content (AvgIpc) is 2.26. The van der Waals surface area contributed by atoms with Crippen molar-refractivity contribution >= 4 is 0 Å². The molecule has 0 spiro atoms. The fraction of sp³-hybridized carbons (Fsp3) is 0.714. The summed E-state index contributed by atoms with van der Waals surface area (Å²) in [7, 11) is 0. The van der Waals surface area contributed by atoms with Gasteiger partial charge in [-0.05, 0) is 32.7 Å². The molecule has 0 radical (unpaired) electrons. The van der Waals surface area contributed by atoms with Gasteiger partial charge >= 0.3 is 0 Å². The van der Waals surface area contributed by atoms with Crippen molar-refractivity contribution in [1.29, 1.82) is 0 Å². The van der Waals surface area contributed by atoms with Gasteiger partial charge < -0.3 is 5.32 Å². The van der Waals surface area contributed by atoms with E-state index in [9.17, 15) is 0 Å². The van der Waals surface area contributed by atoms with Gasteiger partial charge in [0.25, 0.3) is 0 Å². The van der Waals surface area contributed by atoms with Crippen LogP contribution in [0.3, 0.4) is 0 Å². The fourth-order valence-corrected chi connectivity index (χ4v) is 1.90. The molecule has 0 saturated heterocycles. The summed E-state index contributed by atoms with van der Waals surface area (Å²) >= 11 is 0. The lowest BCUT2D eigenvalue weighted by Crippen LogP contribution is -2.19. The molecular formula is C14H25N3. The first-order valence-electron chi connectivity index (χ1n) is 6.60. The summed E-state index contributed by atoms with van der Waals surface area (Å²) in [5.74, 6) is 1.68. The minimum absolute atomic E-state index is 0.333. The minimum Gasteiger partial charge on any atom is -0.310 e. The van der Waals surface area contributed by atoms with Crippen LogP contribution < -0.4 is 5.32 Å². The highest BCUT2D eigenvalue weighted by molar-refractivity contribution is 5.19. The number of nitrogens with zero attached hydrogens (tertiary/aromatic N) is 2. The summed E-state index contributed by atoms with van der Waals surface area (Å²) in [4.78, 5) is 9.06. The molecule has 0 aliphatic heterocycles. The molecule has 1 heterocycles. The van der Waals surface area contributed by atoms with Crippen molar-refractivity contribution in [3.05, 3.63) is 23.3 Å². The average molecular weight is 235 g/mol. The summed E-state index contributed by atoms with van der Waals surface area (Å²) in [6.45, 7) is 11.8. The SMILES string of the molecule is CCNC(C)c1cnc(CCC(C)C)nc1C. The summed E-state index contributed by atoms with van der Waals surface area (Å²) < 4.78 is 0. The zero-order valence-electron chi connectivity index (χ0n) is 11.7. The fourth-order valence-electron chi connectivity index (χ4n) is 1.90. The molecule has 1 unspecified atom stereocenters. The van der Waals surface area contributed by atoms with Gasteiger partial charge in [0.15, 0.2) is 0 Å². The van der Waals surface area contributed by atoms with Gasteiger partial charge in [0.2, 0.25) is 0 Å². The van der Waals surface area contributed by atoms with Gasteiger partial charge in [-0.2, -0.15) is 0 Å². The van der Waals surface area contributed by atoms with Gasteiger partial charge in [-0.25, -0.2) is 9.97 Å². The van der Waals surface area contributed by atoms with Gasteiger partial charge in [-0.3, -0.25) is 0 Å².